The quantitative estimate of drug-likeness (QED) is 0.407. The van der Waals surface area contributed by atoms with Gasteiger partial charge in [0.2, 0.25) is 5.92 Å². The first-order valence-corrected chi connectivity index (χ1v) is 3.29. The summed E-state index contributed by atoms with van der Waals surface area (Å²) in [5.74, 6) is -2.40. The molecule has 0 atom stereocenters. The van der Waals surface area contributed by atoms with Crippen molar-refractivity contribution in [2.24, 2.45) is 0 Å². The summed E-state index contributed by atoms with van der Waals surface area (Å²) in [5, 5.41) is 2.92. The minimum atomic E-state index is -2.40. The molecule has 0 amide bonds. The second-order valence-corrected chi connectivity index (χ2v) is 2.46. The van der Waals surface area contributed by atoms with Gasteiger partial charge in [0.25, 0.3) is 0 Å². The van der Waals surface area contributed by atoms with Gasteiger partial charge in [0, 0.05) is 19.4 Å². The Kier molecular flexibility index (Phi) is 17.7. The van der Waals surface area contributed by atoms with Crippen molar-refractivity contribution >= 4 is 12.4 Å². The Labute approximate surface area is 79.8 Å². The summed E-state index contributed by atoms with van der Waals surface area (Å²) in [6.07, 6.45) is 0.667. The number of nitrogens with one attached hydrogen (secondary N) is 1. The maximum Gasteiger partial charge on any atom is 0.249 e. The van der Waals surface area contributed by atoms with Gasteiger partial charge < -0.3 is 19.4 Å². The maximum absolute atomic E-state index is 12.4. The summed E-state index contributed by atoms with van der Waals surface area (Å²) in [7, 11) is 0. The van der Waals surface area contributed by atoms with Crippen molar-refractivity contribution in [1.29, 1.82) is 0 Å². The Hall–Kier alpha value is -0.100. The topological polar surface area (TPSA) is 12.0 Å². The number of hydrogen-bond acceptors (Lipinski definition) is 1. The van der Waals surface area contributed by atoms with Gasteiger partial charge in [-0.15, -0.1) is 12.4 Å². The van der Waals surface area contributed by atoms with Crippen LogP contribution in [0.5, 0.6) is 0 Å². The Morgan fingerprint density at radius 2 is 1.46 bits per heavy atom. The Morgan fingerprint density at radius 1 is 0.923 bits per heavy atom. The number of halogens is 6. The lowest BCUT2D eigenvalue weighted by Crippen LogP contribution is -3.00. The van der Waals surface area contributed by atoms with Gasteiger partial charge in [0.05, 0.1) is 0 Å². The molecule has 0 aromatic rings. The molecular formula is C6H12ClF5N-3. The smallest absolute Gasteiger partial charge is 0.249 e. The number of alkyl halides is 2. The van der Waals surface area contributed by atoms with Gasteiger partial charge in [-0.3, -0.25) is 0 Å². The number of hydrogen-bond donors (Lipinski definition) is 1. The molecule has 0 spiro atoms. The minimum absolute atomic E-state index is 0. The van der Waals surface area contributed by atoms with E-state index >= 15 is 0 Å². The van der Waals surface area contributed by atoms with Gasteiger partial charge in [-0.05, 0) is 13.0 Å². The number of rotatable bonds is 0. The molecule has 1 saturated heterocycles. The van der Waals surface area contributed by atoms with Crippen LogP contribution in [0.3, 0.4) is 0 Å². The van der Waals surface area contributed by atoms with Crippen molar-refractivity contribution in [3.63, 3.8) is 0 Å². The molecule has 0 aromatic heterocycles. The van der Waals surface area contributed by atoms with Gasteiger partial charge in [-0.1, -0.05) is 0 Å². The van der Waals surface area contributed by atoms with Crippen molar-refractivity contribution in [2.75, 3.05) is 13.1 Å². The molecule has 0 aromatic carbocycles. The average Bonchev–Trinajstić information content (AvgIpc) is 1.92. The summed E-state index contributed by atoms with van der Waals surface area (Å²) in [4.78, 5) is 0. The normalized spacial score (nSPS) is 18.9. The first-order valence-electron chi connectivity index (χ1n) is 3.29. The fourth-order valence-electron chi connectivity index (χ4n) is 0.993. The summed E-state index contributed by atoms with van der Waals surface area (Å²) >= 11 is 0. The van der Waals surface area contributed by atoms with E-state index in [9.17, 15) is 8.78 Å². The molecule has 0 aliphatic carbocycles. The van der Waals surface area contributed by atoms with Crippen LogP contribution < -0.4 is 19.4 Å². The summed E-state index contributed by atoms with van der Waals surface area (Å²) < 4.78 is 24.8. The standard InChI is InChI=1S/C6H11F2N.ClH.3FH/c7-6(8)2-1-4-9-5-3-6;;;;/h9H,1-5H2;4*1H/p-3. The highest BCUT2D eigenvalue weighted by molar-refractivity contribution is 5.85. The molecule has 1 N–H and O–H groups in total. The maximum atomic E-state index is 12.4. The summed E-state index contributed by atoms with van der Waals surface area (Å²) in [6, 6.07) is 0. The van der Waals surface area contributed by atoms with Gasteiger partial charge >= 0.3 is 0 Å². The molecule has 1 rings (SSSR count). The van der Waals surface area contributed by atoms with Crippen LogP contribution in [0.2, 0.25) is 0 Å². The largest absolute Gasteiger partial charge is 1.00 e. The lowest BCUT2D eigenvalue weighted by molar-refractivity contribution is -0.0107. The molecule has 0 radical (unpaired) electrons. The van der Waals surface area contributed by atoms with E-state index in [2.05, 4.69) is 5.32 Å². The molecule has 1 fully saturated rings. The van der Waals surface area contributed by atoms with Crippen molar-refractivity contribution in [2.45, 2.75) is 25.2 Å². The summed E-state index contributed by atoms with van der Waals surface area (Å²) in [5.41, 5.74) is 0. The monoisotopic (exact) mass is 228 g/mol. The third-order valence-electron chi connectivity index (χ3n) is 1.56. The zero-order chi connectivity index (χ0) is 6.74. The van der Waals surface area contributed by atoms with Gasteiger partial charge in [0.15, 0.2) is 0 Å². The second kappa shape index (κ2) is 9.98. The lowest BCUT2D eigenvalue weighted by atomic mass is 10.1. The van der Waals surface area contributed by atoms with E-state index in [1.54, 1.807) is 0 Å². The molecule has 1 heterocycles. The fourth-order valence-corrected chi connectivity index (χ4v) is 0.993. The Morgan fingerprint density at radius 3 is 2.00 bits per heavy atom. The van der Waals surface area contributed by atoms with Crippen molar-refractivity contribution in [3.05, 3.63) is 0 Å². The Balaban J connectivity index is -0.000000101. The van der Waals surface area contributed by atoms with Gasteiger partial charge in [-0.2, -0.15) is 0 Å². The third kappa shape index (κ3) is 9.82. The van der Waals surface area contributed by atoms with Crippen molar-refractivity contribution in [3.8, 4) is 0 Å². The van der Waals surface area contributed by atoms with E-state index in [4.69, 9.17) is 0 Å². The van der Waals surface area contributed by atoms with E-state index in [1.165, 1.54) is 0 Å². The van der Waals surface area contributed by atoms with E-state index in [0.717, 1.165) is 6.54 Å². The van der Waals surface area contributed by atoms with Crippen LogP contribution in [0.1, 0.15) is 19.3 Å². The molecule has 0 saturated carbocycles. The molecule has 0 bridgehead atoms. The predicted molar refractivity (Wildman–Crippen MR) is 38.9 cm³/mol. The molecule has 1 aliphatic heterocycles. The van der Waals surface area contributed by atoms with Crippen LogP contribution in [0, 0.1) is 0 Å². The predicted octanol–water partition coefficient (Wildman–Crippen LogP) is -7.17. The molecule has 86 valence electrons. The van der Waals surface area contributed by atoms with Crippen molar-refractivity contribution in [1.82, 2.24) is 5.32 Å². The highest BCUT2D eigenvalue weighted by Gasteiger charge is 2.28. The molecule has 13 heavy (non-hydrogen) atoms. The van der Waals surface area contributed by atoms with Gasteiger partial charge in [-0.25, -0.2) is 8.78 Å². The average molecular weight is 229 g/mol. The molecular weight excluding hydrogens is 217 g/mol. The first kappa shape index (κ1) is 23.1. The molecule has 7 heteroatoms. The van der Waals surface area contributed by atoms with E-state index in [-0.39, 0.29) is 39.4 Å². The van der Waals surface area contributed by atoms with Crippen LogP contribution in [0.15, 0.2) is 0 Å². The fraction of sp³-hybridized carbons (Fsp3) is 1.00. The van der Waals surface area contributed by atoms with Gasteiger partial charge in [0.1, 0.15) is 0 Å². The van der Waals surface area contributed by atoms with Crippen LogP contribution in [0.25, 0.3) is 0 Å². The lowest BCUT2D eigenvalue weighted by Gasteiger charge is -2.10. The highest BCUT2D eigenvalue weighted by Crippen LogP contribution is 2.24. The van der Waals surface area contributed by atoms with Crippen LogP contribution in [-0.2, 0) is 0 Å². The van der Waals surface area contributed by atoms with Crippen LogP contribution in [-0.4, -0.2) is 19.0 Å². The summed E-state index contributed by atoms with van der Waals surface area (Å²) in [6.45, 7) is 1.21. The minimum Gasteiger partial charge on any atom is -1.00 e. The first-order chi connectivity index (χ1) is 4.21. The molecule has 0 unspecified atom stereocenters. The van der Waals surface area contributed by atoms with Crippen LogP contribution >= 0.6 is 12.4 Å². The third-order valence-corrected chi connectivity index (χ3v) is 1.56. The zero-order valence-corrected chi connectivity index (χ0v) is 7.65. The van der Waals surface area contributed by atoms with E-state index in [1.807, 2.05) is 0 Å². The zero-order valence-electron chi connectivity index (χ0n) is 6.83. The van der Waals surface area contributed by atoms with E-state index in [0.29, 0.717) is 13.0 Å². The SMILES string of the molecule is Cl.FC1(F)CCCNCC1.[F-].[F-].[F-]. The van der Waals surface area contributed by atoms with Crippen LogP contribution in [0.4, 0.5) is 8.78 Å². The Bertz CT molecular complexity index is 93.0. The second-order valence-electron chi connectivity index (χ2n) is 2.46. The molecule has 1 nitrogen and oxygen atoms in total. The van der Waals surface area contributed by atoms with Crippen molar-refractivity contribution < 1.29 is 22.9 Å². The highest BCUT2D eigenvalue weighted by atomic mass is 35.5. The molecule has 1 aliphatic rings. The van der Waals surface area contributed by atoms with E-state index < -0.39 is 5.92 Å².